The summed E-state index contributed by atoms with van der Waals surface area (Å²) in [4.78, 5) is 15.5. The van der Waals surface area contributed by atoms with E-state index in [4.69, 9.17) is 19.4 Å². The summed E-state index contributed by atoms with van der Waals surface area (Å²) in [7, 11) is 0. The first-order valence-electron chi connectivity index (χ1n) is 18.5. The number of hydrogen-bond donors (Lipinski definition) is 0. The molecule has 55 heavy (non-hydrogen) atoms. The van der Waals surface area contributed by atoms with Crippen molar-refractivity contribution in [3.05, 3.63) is 188 Å². The third-order valence-corrected chi connectivity index (χ3v) is 10.7. The maximum atomic E-state index is 6.75. The summed E-state index contributed by atoms with van der Waals surface area (Å²) in [5.41, 5.74) is 11.4. The van der Waals surface area contributed by atoms with Crippen LogP contribution in [-0.4, -0.2) is 15.0 Å². The highest BCUT2D eigenvalue weighted by molar-refractivity contribution is 6.23. The lowest BCUT2D eigenvalue weighted by molar-refractivity contribution is 0.669. The molecule has 3 heterocycles. The number of aromatic nitrogens is 3. The van der Waals surface area contributed by atoms with Crippen molar-refractivity contribution < 1.29 is 4.42 Å². The Morgan fingerprint density at radius 2 is 0.982 bits per heavy atom. The molecule has 0 aliphatic carbocycles. The topological polar surface area (TPSA) is 51.8 Å². The van der Waals surface area contributed by atoms with Crippen molar-refractivity contribution >= 4 is 54.4 Å². The number of furan rings is 1. The van der Waals surface area contributed by atoms with E-state index in [-0.39, 0.29) is 0 Å². The number of benzene rings is 8. The Hall–Kier alpha value is -7.43. The molecule has 0 unspecified atom stereocenters. The van der Waals surface area contributed by atoms with Crippen LogP contribution >= 0.6 is 0 Å². The fraction of sp³-hybridized carbons (Fsp3) is 0. The average molecular weight is 702 g/mol. The molecule has 0 bridgehead atoms. The maximum absolute atomic E-state index is 6.75. The van der Waals surface area contributed by atoms with Gasteiger partial charge in [-0.25, -0.2) is 15.0 Å². The van der Waals surface area contributed by atoms with E-state index in [1.54, 1.807) is 0 Å². The van der Waals surface area contributed by atoms with Crippen molar-refractivity contribution in [3.63, 3.8) is 0 Å². The quantitative estimate of drug-likeness (QED) is 0.168. The molecule has 0 N–H and O–H groups in total. The second kappa shape index (κ2) is 12.6. The van der Waals surface area contributed by atoms with Crippen molar-refractivity contribution in [1.29, 1.82) is 0 Å². The minimum Gasteiger partial charge on any atom is -0.454 e. The molecule has 256 valence electrons. The molecule has 0 aliphatic rings. The van der Waals surface area contributed by atoms with Crippen LogP contribution in [0.4, 0.5) is 0 Å². The first-order chi connectivity index (χ1) is 27.2. The normalized spacial score (nSPS) is 11.6. The molecule has 0 amide bonds. The monoisotopic (exact) mass is 701 g/mol. The maximum Gasteiger partial charge on any atom is 0.162 e. The molecule has 3 aromatic heterocycles. The van der Waals surface area contributed by atoms with Crippen LogP contribution in [0, 0.1) is 0 Å². The van der Waals surface area contributed by atoms with E-state index in [1.807, 2.05) is 48.5 Å². The zero-order valence-corrected chi connectivity index (χ0v) is 29.6. The number of pyridine rings is 1. The van der Waals surface area contributed by atoms with Crippen LogP contribution in [-0.2, 0) is 0 Å². The molecule has 8 aromatic carbocycles. The number of nitrogens with zero attached hydrogens (tertiary/aromatic N) is 3. The van der Waals surface area contributed by atoms with Crippen LogP contribution in [0.3, 0.4) is 0 Å². The van der Waals surface area contributed by atoms with Gasteiger partial charge in [-0.1, -0.05) is 152 Å². The van der Waals surface area contributed by atoms with Crippen molar-refractivity contribution in [2.75, 3.05) is 0 Å². The van der Waals surface area contributed by atoms with Gasteiger partial charge >= 0.3 is 0 Å². The van der Waals surface area contributed by atoms with Gasteiger partial charge in [-0.3, -0.25) is 0 Å². The first kappa shape index (κ1) is 31.1. The summed E-state index contributed by atoms with van der Waals surface area (Å²) >= 11 is 0. The smallest absolute Gasteiger partial charge is 0.162 e. The Kier molecular flexibility index (Phi) is 7.14. The molecule has 11 rings (SSSR count). The summed E-state index contributed by atoms with van der Waals surface area (Å²) in [6.45, 7) is 0. The minimum absolute atomic E-state index is 0.698. The van der Waals surface area contributed by atoms with E-state index < -0.39 is 0 Å². The highest BCUT2D eigenvalue weighted by atomic mass is 16.3. The van der Waals surface area contributed by atoms with Crippen LogP contribution in [0.25, 0.3) is 111 Å². The Morgan fingerprint density at radius 1 is 0.364 bits per heavy atom. The van der Waals surface area contributed by atoms with E-state index in [0.717, 1.165) is 88.7 Å². The van der Waals surface area contributed by atoms with Gasteiger partial charge in [0.25, 0.3) is 0 Å². The van der Waals surface area contributed by atoms with Crippen molar-refractivity contribution in [2.24, 2.45) is 0 Å². The third-order valence-electron chi connectivity index (χ3n) is 10.7. The summed E-state index contributed by atoms with van der Waals surface area (Å²) in [5, 5.41) is 7.95. The van der Waals surface area contributed by atoms with Gasteiger partial charge in [0.2, 0.25) is 0 Å². The summed E-state index contributed by atoms with van der Waals surface area (Å²) in [5.74, 6) is 0.698. The fourth-order valence-electron chi connectivity index (χ4n) is 8.02. The van der Waals surface area contributed by atoms with Gasteiger partial charge in [0.15, 0.2) is 11.4 Å². The zero-order chi connectivity index (χ0) is 36.3. The highest BCUT2D eigenvalue weighted by Crippen LogP contribution is 2.43. The molecule has 0 saturated heterocycles. The fourth-order valence-corrected chi connectivity index (χ4v) is 8.02. The second-order valence-electron chi connectivity index (χ2n) is 14.0. The van der Waals surface area contributed by atoms with E-state index >= 15 is 0 Å². The third kappa shape index (κ3) is 5.26. The molecule has 11 aromatic rings. The van der Waals surface area contributed by atoms with Crippen molar-refractivity contribution in [2.45, 2.75) is 0 Å². The predicted octanol–water partition coefficient (Wildman–Crippen LogP) is 13.6. The van der Waals surface area contributed by atoms with Crippen molar-refractivity contribution in [1.82, 2.24) is 15.0 Å². The molecule has 0 aliphatic heterocycles. The van der Waals surface area contributed by atoms with Gasteiger partial charge in [-0.05, 0) is 69.1 Å². The van der Waals surface area contributed by atoms with E-state index in [2.05, 4.69) is 140 Å². The standard InChI is InChI=1S/C51H31N3O/c1-3-14-32(15-4-1)45-31-46(54-51(53-45)33-16-5-2-6-17-33)37-20-13-19-34(28-37)35-26-27-44-43(29-35)48-41-24-11-12-25-47(41)55-50(48)49(52-44)42-30-36-18-7-8-21-38(36)39-22-9-10-23-40(39)42/h1-31H. The lowest BCUT2D eigenvalue weighted by Crippen LogP contribution is -1.96. The SMILES string of the molecule is c1ccc(-c2cc(-c3cccc(-c4ccc5nc(-c6cc7ccccc7c7ccccc67)c6oc7ccccc7c6c5c4)c3)nc(-c3ccccc3)n2)cc1. The molecule has 0 radical (unpaired) electrons. The van der Waals surface area contributed by atoms with Gasteiger partial charge in [0, 0.05) is 38.4 Å². The van der Waals surface area contributed by atoms with E-state index in [0.29, 0.717) is 5.82 Å². The number of para-hydroxylation sites is 1. The van der Waals surface area contributed by atoms with Crippen LogP contribution in [0.5, 0.6) is 0 Å². The molecular weight excluding hydrogens is 671 g/mol. The highest BCUT2D eigenvalue weighted by Gasteiger charge is 2.21. The molecular formula is C51H31N3O. The summed E-state index contributed by atoms with van der Waals surface area (Å²) in [6, 6.07) is 65.5. The zero-order valence-electron chi connectivity index (χ0n) is 29.6. The van der Waals surface area contributed by atoms with Gasteiger partial charge < -0.3 is 4.42 Å². The van der Waals surface area contributed by atoms with Crippen LogP contribution in [0.1, 0.15) is 0 Å². The average Bonchev–Trinajstić information content (AvgIpc) is 3.66. The van der Waals surface area contributed by atoms with Gasteiger partial charge in [-0.15, -0.1) is 0 Å². The minimum atomic E-state index is 0.698. The van der Waals surface area contributed by atoms with Crippen LogP contribution in [0.2, 0.25) is 0 Å². The van der Waals surface area contributed by atoms with E-state index in [9.17, 15) is 0 Å². The van der Waals surface area contributed by atoms with Gasteiger partial charge in [0.1, 0.15) is 11.3 Å². The van der Waals surface area contributed by atoms with Gasteiger partial charge in [-0.2, -0.15) is 0 Å². The largest absolute Gasteiger partial charge is 0.454 e. The molecule has 0 spiro atoms. The number of fused-ring (bicyclic) bond motifs is 8. The Bertz CT molecular complexity index is 3200. The molecule has 0 atom stereocenters. The summed E-state index contributed by atoms with van der Waals surface area (Å²) < 4.78 is 6.75. The Morgan fingerprint density at radius 3 is 1.80 bits per heavy atom. The lowest BCUT2D eigenvalue weighted by atomic mass is 9.93. The summed E-state index contributed by atoms with van der Waals surface area (Å²) in [6.07, 6.45) is 0. The Labute approximate surface area is 317 Å². The second-order valence-corrected chi connectivity index (χ2v) is 14.0. The molecule has 0 fully saturated rings. The molecule has 0 saturated carbocycles. The lowest BCUT2D eigenvalue weighted by Gasteiger charge is -2.13. The van der Waals surface area contributed by atoms with Crippen LogP contribution < -0.4 is 0 Å². The first-order valence-corrected chi connectivity index (χ1v) is 18.5. The van der Waals surface area contributed by atoms with Crippen LogP contribution in [0.15, 0.2) is 192 Å². The number of hydrogen-bond acceptors (Lipinski definition) is 4. The molecule has 4 heteroatoms. The Balaban J connectivity index is 1.10. The molecule has 4 nitrogen and oxygen atoms in total. The van der Waals surface area contributed by atoms with Crippen molar-refractivity contribution in [3.8, 4) is 56.3 Å². The van der Waals surface area contributed by atoms with Gasteiger partial charge in [0.05, 0.1) is 16.9 Å². The van der Waals surface area contributed by atoms with E-state index in [1.165, 1.54) is 16.2 Å². The predicted molar refractivity (Wildman–Crippen MR) is 227 cm³/mol. The number of rotatable bonds is 5.